The number of aryl methyl sites for hydroxylation is 2. The van der Waals surface area contributed by atoms with Gasteiger partial charge in [0.2, 0.25) is 0 Å². The Morgan fingerprint density at radius 1 is 0.825 bits per heavy atom. The molecule has 0 aliphatic carbocycles. The summed E-state index contributed by atoms with van der Waals surface area (Å²) in [5, 5.41) is 3.49. The van der Waals surface area contributed by atoms with E-state index in [4.69, 9.17) is 14.5 Å². The smallest absolute Gasteiger partial charge is 0.339 e. The molecule has 0 atom stereocenters. The summed E-state index contributed by atoms with van der Waals surface area (Å²) < 4.78 is 11.4. The lowest BCUT2D eigenvalue weighted by molar-refractivity contribution is -0.119. The van der Waals surface area contributed by atoms with Crippen molar-refractivity contribution in [1.29, 1.82) is 0 Å². The number of para-hydroxylation sites is 1. The molecule has 0 bridgehead atoms. The van der Waals surface area contributed by atoms with Crippen LogP contribution in [0, 0.1) is 20.8 Å². The number of benzene rings is 4. The van der Waals surface area contributed by atoms with Crippen molar-refractivity contribution in [3.8, 4) is 17.0 Å². The first kappa shape index (κ1) is 26.6. The third-order valence-electron chi connectivity index (χ3n) is 6.71. The largest absolute Gasteiger partial charge is 0.489 e. The maximum absolute atomic E-state index is 13.4. The molecule has 0 saturated heterocycles. The highest BCUT2D eigenvalue weighted by molar-refractivity contribution is 6.07. The molecule has 5 aromatic rings. The van der Waals surface area contributed by atoms with E-state index in [1.54, 1.807) is 0 Å². The average molecular weight is 531 g/mol. The number of ether oxygens (including phenoxy) is 2. The minimum absolute atomic E-state index is 0.393. The number of pyridine rings is 1. The van der Waals surface area contributed by atoms with Gasteiger partial charge in [0.05, 0.1) is 16.8 Å². The Morgan fingerprint density at radius 3 is 2.30 bits per heavy atom. The van der Waals surface area contributed by atoms with E-state index in [0.717, 1.165) is 28.0 Å². The number of fused-ring (bicyclic) bond motifs is 1. The minimum Gasteiger partial charge on any atom is -0.489 e. The van der Waals surface area contributed by atoms with Crippen molar-refractivity contribution in [3.05, 3.63) is 125 Å². The van der Waals surface area contributed by atoms with Crippen molar-refractivity contribution in [2.75, 3.05) is 11.9 Å². The Labute approximate surface area is 233 Å². The van der Waals surface area contributed by atoms with Crippen molar-refractivity contribution in [2.45, 2.75) is 27.4 Å². The molecule has 0 spiro atoms. The van der Waals surface area contributed by atoms with Gasteiger partial charge in [-0.2, -0.15) is 0 Å². The molecular formula is C34H30N2O4. The van der Waals surface area contributed by atoms with E-state index in [9.17, 15) is 9.59 Å². The second-order valence-electron chi connectivity index (χ2n) is 9.72. The molecule has 0 aliphatic rings. The molecule has 1 aromatic heterocycles. The summed E-state index contributed by atoms with van der Waals surface area (Å²) in [4.78, 5) is 30.8. The minimum atomic E-state index is -0.573. The van der Waals surface area contributed by atoms with Crippen molar-refractivity contribution in [2.24, 2.45) is 0 Å². The van der Waals surface area contributed by atoms with E-state index in [2.05, 4.69) is 5.32 Å². The Bertz CT molecular complexity index is 1680. The van der Waals surface area contributed by atoms with Gasteiger partial charge >= 0.3 is 5.97 Å². The fraction of sp³-hybridized carbons (Fsp3) is 0.147. The number of nitrogens with one attached hydrogen (secondary N) is 1. The van der Waals surface area contributed by atoms with E-state index in [1.165, 1.54) is 0 Å². The van der Waals surface area contributed by atoms with Crippen LogP contribution >= 0.6 is 0 Å². The van der Waals surface area contributed by atoms with Crippen molar-refractivity contribution >= 4 is 28.5 Å². The van der Waals surface area contributed by atoms with Gasteiger partial charge in [0.25, 0.3) is 5.91 Å². The van der Waals surface area contributed by atoms with Gasteiger partial charge in [-0.05, 0) is 73.9 Å². The lowest BCUT2D eigenvalue weighted by Crippen LogP contribution is -2.22. The maximum Gasteiger partial charge on any atom is 0.339 e. The number of carbonyl (C=O) groups excluding carboxylic acids is 2. The molecule has 5 rings (SSSR count). The topological polar surface area (TPSA) is 77.5 Å². The van der Waals surface area contributed by atoms with Crippen LogP contribution in [0.3, 0.4) is 0 Å². The predicted molar refractivity (Wildman–Crippen MR) is 158 cm³/mol. The molecular weight excluding hydrogens is 500 g/mol. The van der Waals surface area contributed by atoms with Gasteiger partial charge in [0, 0.05) is 16.6 Å². The van der Waals surface area contributed by atoms with E-state index in [0.29, 0.717) is 40.0 Å². The molecule has 1 heterocycles. The number of rotatable bonds is 8. The highest BCUT2D eigenvalue weighted by Gasteiger charge is 2.21. The van der Waals surface area contributed by atoms with Crippen LogP contribution in [-0.2, 0) is 16.1 Å². The lowest BCUT2D eigenvalue weighted by Gasteiger charge is -2.15. The number of nitrogens with zero attached hydrogens (tertiary/aromatic N) is 1. The van der Waals surface area contributed by atoms with Crippen LogP contribution < -0.4 is 10.1 Å². The number of carbonyl (C=O) groups is 2. The number of anilines is 1. The van der Waals surface area contributed by atoms with Gasteiger partial charge in [-0.1, -0.05) is 66.2 Å². The van der Waals surface area contributed by atoms with Crippen LogP contribution in [0.25, 0.3) is 22.2 Å². The molecule has 6 heteroatoms. The second kappa shape index (κ2) is 11.8. The zero-order valence-electron chi connectivity index (χ0n) is 22.7. The second-order valence-corrected chi connectivity index (χ2v) is 9.72. The Kier molecular flexibility index (Phi) is 7.87. The molecule has 0 fully saturated rings. The molecule has 0 saturated carbocycles. The van der Waals surface area contributed by atoms with E-state index >= 15 is 0 Å². The third kappa shape index (κ3) is 6.02. The van der Waals surface area contributed by atoms with Gasteiger partial charge in [0.1, 0.15) is 12.4 Å². The summed E-state index contributed by atoms with van der Waals surface area (Å²) >= 11 is 0. The van der Waals surface area contributed by atoms with Crippen molar-refractivity contribution in [1.82, 2.24) is 4.98 Å². The van der Waals surface area contributed by atoms with Gasteiger partial charge in [-0.3, -0.25) is 4.79 Å². The molecule has 6 nitrogen and oxygen atoms in total. The predicted octanol–water partition coefficient (Wildman–Crippen LogP) is 7.20. The lowest BCUT2D eigenvalue weighted by atomic mass is 9.97. The van der Waals surface area contributed by atoms with Crippen LogP contribution in [0.1, 0.15) is 32.6 Å². The molecule has 40 heavy (non-hydrogen) atoms. The normalized spacial score (nSPS) is 10.8. The molecule has 4 aromatic carbocycles. The summed E-state index contributed by atoms with van der Waals surface area (Å²) in [5.74, 6) is -0.237. The first-order chi connectivity index (χ1) is 19.4. The number of hydrogen-bond donors (Lipinski definition) is 1. The molecule has 1 N–H and O–H groups in total. The van der Waals surface area contributed by atoms with Crippen LogP contribution in [-0.4, -0.2) is 23.5 Å². The fourth-order valence-corrected chi connectivity index (χ4v) is 4.64. The molecule has 0 aliphatic heterocycles. The molecule has 1 amide bonds. The first-order valence-electron chi connectivity index (χ1n) is 13.1. The number of aromatic nitrogens is 1. The summed E-state index contributed by atoms with van der Waals surface area (Å²) in [6, 6.07) is 30.8. The number of amides is 1. The summed E-state index contributed by atoms with van der Waals surface area (Å²) in [7, 11) is 0. The van der Waals surface area contributed by atoms with Crippen LogP contribution in [0.5, 0.6) is 5.75 Å². The Balaban J connectivity index is 1.35. The number of hydrogen-bond acceptors (Lipinski definition) is 5. The van der Waals surface area contributed by atoms with Gasteiger partial charge in [-0.25, -0.2) is 9.78 Å². The highest BCUT2D eigenvalue weighted by Crippen LogP contribution is 2.31. The van der Waals surface area contributed by atoms with Gasteiger partial charge < -0.3 is 14.8 Å². The van der Waals surface area contributed by atoms with E-state index in [1.807, 2.05) is 118 Å². The SMILES string of the molecule is Cc1ccc(NC(=O)COC(=O)c2c(C)c(-c3ccc(OCc4ccccc4)cc3)nc3ccccc23)c(C)c1. The number of esters is 1. The van der Waals surface area contributed by atoms with Crippen LogP contribution in [0.2, 0.25) is 0 Å². The molecule has 200 valence electrons. The zero-order valence-corrected chi connectivity index (χ0v) is 22.7. The first-order valence-corrected chi connectivity index (χ1v) is 13.1. The molecule has 0 unspecified atom stereocenters. The van der Waals surface area contributed by atoms with Gasteiger partial charge in [0.15, 0.2) is 6.61 Å². The maximum atomic E-state index is 13.4. The van der Waals surface area contributed by atoms with Crippen molar-refractivity contribution in [3.63, 3.8) is 0 Å². The molecule has 0 radical (unpaired) electrons. The summed E-state index contributed by atoms with van der Waals surface area (Å²) in [6.07, 6.45) is 0. The third-order valence-corrected chi connectivity index (χ3v) is 6.71. The average Bonchev–Trinajstić information content (AvgIpc) is 2.97. The van der Waals surface area contributed by atoms with Crippen LogP contribution in [0.15, 0.2) is 97.1 Å². The Morgan fingerprint density at radius 2 is 1.55 bits per heavy atom. The monoisotopic (exact) mass is 530 g/mol. The van der Waals surface area contributed by atoms with Crippen LogP contribution in [0.4, 0.5) is 5.69 Å². The quantitative estimate of drug-likeness (QED) is 0.215. The van der Waals surface area contributed by atoms with Crippen molar-refractivity contribution < 1.29 is 19.1 Å². The standard InChI is InChI=1S/C34H30N2O4/c1-22-13-18-29(23(2)19-22)35-31(37)21-40-34(38)32-24(3)33(36-30-12-8-7-11-28(30)32)26-14-16-27(17-15-26)39-20-25-9-5-4-6-10-25/h4-19H,20-21H2,1-3H3,(H,35,37). The summed E-state index contributed by atoms with van der Waals surface area (Å²) in [5.41, 5.74) is 7.07. The van der Waals surface area contributed by atoms with E-state index < -0.39 is 18.5 Å². The highest BCUT2D eigenvalue weighted by atomic mass is 16.5. The zero-order chi connectivity index (χ0) is 28.1. The summed E-state index contributed by atoms with van der Waals surface area (Å²) in [6.45, 7) is 5.83. The fourth-order valence-electron chi connectivity index (χ4n) is 4.64. The van der Waals surface area contributed by atoms with E-state index in [-0.39, 0.29) is 0 Å². The van der Waals surface area contributed by atoms with Gasteiger partial charge in [-0.15, -0.1) is 0 Å². The Hall–Kier alpha value is -4.97.